The van der Waals surface area contributed by atoms with Crippen LogP contribution in [0.3, 0.4) is 0 Å². The maximum atomic E-state index is 14.6. The van der Waals surface area contributed by atoms with Gasteiger partial charge in [-0.15, -0.1) is 0 Å². The number of aliphatic carboxylic acids is 2. The van der Waals surface area contributed by atoms with E-state index in [-0.39, 0.29) is 29.2 Å². The number of aromatic nitrogens is 1. The van der Waals surface area contributed by atoms with Crippen molar-refractivity contribution in [2.75, 3.05) is 30.5 Å². The number of carbonyl (C=O) groups is 3. The van der Waals surface area contributed by atoms with E-state index in [0.29, 0.717) is 27.8 Å². The Labute approximate surface area is 289 Å². The van der Waals surface area contributed by atoms with Gasteiger partial charge in [0.05, 0.1) is 34.7 Å². The highest BCUT2D eigenvalue weighted by Gasteiger charge is 2.45. The summed E-state index contributed by atoms with van der Waals surface area (Å²) in [5.41, 5.74) is 7.43. The molecule has 17 heteroatoms. The molecule has 1 aliphatic rings. The van der Waals surface area contributed by atoms with Gasteiger partial charge >= 0.3 is 18.1 Å². The monoisotopic (exact) mass is 736 g/mol. The Bertz CT molecular complexity index is 2030. The Hall–Kier alpha value is -5.09. The number of carboxylic acids is 2. The summed E-state index contributed by atoms with van der Waals surface area (Å²) in [6, 6.07) is 16.5. The van der Waals surface area contributed by atoms with Gasteiger partial charge in [-0.2, -0.15) is 13.2 Å². The number of alkyl halides is 3. The zero-order valence-corrected chi connectivity index (χ0v) is 28.1. The number of nitrogens with one attached hydrogen (secondary N) is 1. The van der Waals surface area contributed by atoms with Crippen LogP contribution in [-0.4, -0.2) is 71.9 Å². The number of rotatable bonds is 9. The number of hydrogen-bond acceptors (Lipinski definition) is 9. The average molecular weight is 737 g/mol. The van der Waals surface area contributed by atoms with E-state index in [1.807, 2.05) is 6.07 Å². The number of carbonyl (C=O) groups excluding carboxylic acids is 1. The minimum Gasteiger partial charge on any atom is -0.495 e. The molecule has 2 heterocycles. The van der Waals surface area contributed by atoms with E-state index in [1.165, 1.54) is 25.0 Å². The number of fused-ring (bicyclic) bond motifs is 1. The topological polar surface area (TPSA) is 189 Å². The van der Waals surface area contributed by atoms with Gasteiger partial charge in [0.25, 0.3) is 0 Å². The van der Waals surface area contributed by atoms with Crippen molar-refractivity contribution in [3.63, 3.8) is 0 Å². The molecule has 0 radical (unpaired) electrons. The van der Waals surface area contributed by atoms with E-state index in [9.17, 15) is 36.3 Å². The van der Waals surface area contributed by atoms with Crippen molar-refractivity contribution in [3.05, 3.63) is 89.1 Å². The largest absolute Gasteiger partial charge is 0.495 e. The van der Waals surface area contributed by atoms with E-state index in [2.05, 4.69) is 10.3 Å². The molecule has 3 aromatic carbocycles. The first-order valence-electron chi connectivity index (χ1n) is 14.9. The van der Waals surface area contributed by atoms with Gasteiger partial charge < -0.3 is 30.9 Å². The molecule has 1 amide bonds. The second kappa shape index (κ2) is 15.2. The summed E-state index contributed by atoms with van der Waals surface area (Å²) in [5, 5.41) is 22.5. The third kappa shape index (κ3) is 8.19. The third-order valence-electron chi connectivity index (χ3n) is 8.06. The number of nitrogens with two attached hydrogens (primary N) is 1. The highest BCUT2D eigenvalue weighted by Crippen LogP contribution is 2.43. The minimum atomic E-state index is -5.08. The summed E-state index contributed by atoms with van der Waals surface area (Å²) in [5.74, 6) is -4.74. The third-order valence-corrected chi connectivity index (χ3v) is 10.2. The number of benzene rings is 3. The molecule has 2 unspecified atom stereocenters. The second-order valence-corrected chi connectivity index (χ2v) is 13.7. The smallest absolute Gasteiger partial charge is 0.490 e. The Balaban J connectivity index is 0.000000727. The van der Waals surface area contributed by atoms with Crippen LogP contribution >= 0.6 is 11.6 Å². The molecule has 266 valence electrons. The Morgan fingerprint density at radius 1 is 1.10 bits per heavy atom. The molecular weight excluding hydrogens is 705 g/mol. The maximum absolute atomic E-state index is 14.6. The van der Waals surface area contributed by atoms with Crippen molar-refractivity contribution >= 4 is 61.6 Å². The number of carboxylic acid groups (broad SMARTS) is 2. The number of likely N-dealkylation sites (tertiary alicyclic amines) is 1. The second-order valence-electron chi connectivity index (χ2n) is 11.1. The number of nitrogens with zero attached hydrogens (tertiary/aromatic N) is 2. The summed E-state index contributed by atoms with van der Waals surface area (Å²) >= 11 is 6.30. The molecule has 50 heavy (non-hydrogen) atoms. The molecular formula is C33H32ClF3N4O8S. The fourth-order valence-corrected chi connectivity index (χ4v) is 6.95. The molecule has 1 fully saturated rings. The van der Waals surface area contributed by atoms with E-state index >= 15 is 0 Å². The summed E-state index contributed by atoms with van der Waals surface area (Å²) in [6.07, 6.45) is -3.33. The molecule has 5 N–H and O–H groups in total. The number of amides is 1. The number of pyridine rings is 1. The molecule has 1 aliphatic heterocycles. The van der Waals surface area contributed by atoms with Crippen molar-refractivity contribution in [1.82, 2.24) is 9.88 Å². The SMILES string of the molecule is CCS(=O)(=O)c1ccccc1C1C(C(=O)O)CCN1C(=O)[C@@H](Nc1ccc2c(N)nccc2c1)c1ccc(Cl)c(OC)c1.O=C(O)C(F)(F)F. The molecule has 0 saturated carbocycles. The zero-order chi connectivity index (χ0) is 37.0. The Morgan fingerprint density at radius 3 is 2.40 bits per heavy atom. The maximum Gasteiger partial charge on any atom is 0.490 e. The molecule has 5 rings (SSSR count). The molecule has 1 aromatic heterocycles. The number of halogens is 4. The molecule has 3 atom stereocenters. The first kappa shape index (κ1) is 37.7. The number of sulfone groups is 1. The van der Waals surface area contributed by atoms with Crippen LogP contribution in [0.25, 0.3) is 10.8 Å². The van der Waals surface area contributed by atoms with E-state index in [4.69, 9.17) is 32.0 Å². The van der Waals surface area contributed by atoms with Crippen LogP contribution in [0.2, 0.25) is 5.02 Å². The first-order valence-corrected chi connectivity index (χ1v) is 16.9. The van der Waals surface area contributed by atoms with Crippen molar-refractivity contribution in [1.29, 1.82) is 0 Å². The number of anilines is 2. The van der Waals surface area contributed by atoms with E-state index in [1.54, 1.807) is 60.8 Å². The van der Waals surface area contributed by atoms with Gasteiger partial charge in [0, 0.05) is 23.8 Å². The number of methoxy groups -OCH3 is 1. The zero-order valence-electron chi connectivity index (χ0n) is 26.5. The van der Waals surface area contributed by atoms with Crippen LogP contribution in [0.1, 0.15) is 36.6 Å². The van der Waals surface area contributed by atoms with E-state index in [0.717, 1.165) is 10.8 Å². The van der Waals surface area contributed by atoms with Gasteiger partial charge in [0.15, 0.2) is 9.84 Å². The first-order chi connectivity index (χ1) is 23.5. The number of nitrogen functional groups attached to an aromatic ring is 1. The van der Waals surface area contributed by atoms with Crippen LogP contribution in [0.4, 0.5) is 24.7 Å². The van der Waals surface area contributed by atoms with Gasteiger partial charge in [-0.3, -0.25) is 9.59 Å². The fourth-order valence-electron chi connectivity index (χ4n) is 5.61. The molecule has 0 aliphatic carbocycles. The lowest BCUT2D eigenvalue weighted by Gasteiger charge is -2.32. The lowest BCUT2D eigenvalue weighted by molar-refractivity contribution is -0.192. The van der Waals surface area contributed by atoms with Crippen molar-refractivity contribution < 1.29 is 50.9 Å². The Morgan fingerprint density at radius 2 is 1.78 bits per heavy atom. The van der Waals surface area contributed by atoms with Gasteiger partial charge in [0.2, 0.25) is 5.91 Å². The molecule has 0 spiro atoms. The van der Waals surface area contributed by atoms with Crippen LogP contribution in [0.15, 0.2) is 77.8 Å². The lowest BCUT2D eigenvalue weighted by Crippen LogP contribution is -2.39. The predicted molar refractivity (Wildman–Crippen MR) is 179 cm³/mol. The van der Waals surface area contributed by atoms with Crippen LogP contribution < -0.4 is 15.8 Å². The highest BCUT2D eigenvalue weighted by atomic mass is 35.5. The van der Waals surface area contributed by atoms with Crippen molar-refractivity contribution in [2.24, 2.45) is 5.92 Å². The number of ether oxygens (including phenoxy) is 1. The van der Waals surface area contributed by atoms with Crippen molar-refractivity contribution in [2.45, 2.75) is 36.5 Å². The van der Waals surface area contributed by atoms with Gasteiger partial charge in [-0.1, -0.05) is 42.8 Å². The summed E-state index contributed by atoms with van der Waals surface area (Å²) in [4.78, 5) is 41.5. The normalized spacial score (nSPS) is 16.6. The Kier molecular flexibility index (Phi) is 11.5. The number of hydrogen-bond donors (Lipinski definition) is 4. The quantitative estimate of drug-likeness (QED) is 0.164. The predicted octanol–water partition coefficient (Wildman–Crippen LogP) is 5.73. The van der Waals surface area contributed by atoms with Gasteiger partial charge in [-0.05, 0) is 65.4 Å². The van der Waals surface area contributed by atoms with Crippen molar-refractivity contribution in [3.8, 4) is 5.75 Å². The van der Waals surface area contributed by atoms with Gasteiger partial charge in [0.1, 0.15) is 17.6 Å². The molecule has 4 aromatic rings. The summed E-state index contributed by atoms with van der Waals surface area (Å²) in [7, 11) is -2.25. The highest BCUT2D eigenvalue weighted by molar-refractivity contribution is 7.91. The average Bonchev–Trinajstić information content (AvgIpc) is 3.53. The standard InChI is InChI=1S/C31H31ClN4O6S.C2HF3O2/c1-3-43(40,41)26-7-5-4-6-22(26)28-23(31(38)39)13-15-36(28)30(37)27(19-8-11-24(32)25(17-19)42-2)35-20-9-10-21-18(16-20)12-14-34-29(21)33;3-2(4,5)1(6)7/h4-12,14,16-17,23,27-28,35H,3,13,15H2,1-2H3,(H2,33,34)(H,38,39);(H,6,7)/t23?,27-,28?;/m0./s1. The fraction of sp³-hybridized carbons (Fsp3) is 0.273. The van der Waals surface area contributed by atoms with Gasteiger partial charge in [-0.25, -0.2) is 18.2 Å². The summed E-state index contributed by atoms with van der Waals surface area (Å²) in [6.45, 7) is 1.64. The van der Waals surface area contributed by atoms with Crippen LogP contribution in [0.5, 0.6) is 5.75 Å². The molecule has 0 bridgehead atoms. The lowest BCUT2D eigenvalue weighted by atomic mass is 9.93. The van der Waals surface area contributed by atoms with Crippen LogP contribution in [0, 0.1) is 5.92 Å². The van der Waals surface area contributed by atoms with E-state index < -0.39 is 51.9 Å². The summed E-state index contributed by atoms with van der Waals surface area (Å²) < 4.78 is 63.3. The molecule has 1 saturated heterocycles. The van der Waals surface area contributed by atoms with Crippen LogP contribution in [-0.2, 0) is 24.2 Å². The minimum absolute atomic E-state index is 0.0202. The molecule has 12 nitrogen and oxygen atoms in total.